The average molecular weight is 407 g/mol. The summed E-state index contributed by atoms with van der Waals surface area (Å²) in [5.74, 6) is 0.0850. The zero-order valence-electron chi connectivity index (χ0n) is 16.2. The van der Waals surface area contributed by atoms with Gasteiger partial charge in [-0.25, -0.2) is 18.1 Å². The van der Waals surface area contributed by atoms with Gasteiger partial charge in [-0.05, 0) is 32.9 Å². The molecular weight excluding hydrogens is 382 g/mol. The Labute approximate surface area is 164 Å². The number of aromatic nitrogens is 3. The van der Waals surface area contributed by atoms with E-state index in [1.165, 1.54) is 10.5 Å². The van der Waals surface area contributed by atoms with Crippen LogP contribution in [0.2, 0.25) is 0 Å². The van der Waals surface area contributed by atoms with E-state index < -0.39 is 10.0 Å². The highest BCUT2D eigenvalue weighted by molar-refractivity contribution is 7.89. The van der Waals surface area contributed by atoms with E-state index in [9.17, 15) is 13.2 Å². The molecule has 2 aromatic rings. The van der Waals surface area contributed by atoms with Crippen molar-refractivity contribution >= 4 is 15.9 Å². The maximum absolute atomic E-state index is 12.5. The van der Waals surface area contributed by atoms with E-state index in [1.807, 2.05) is 19.9 Å². The number of pyridine rings is 1. The molecule has 1 fully saturated rings. The summed E-state index contributed by atoms with van der Waals surface area (Å²) in [5.41, 5.74) is 1.02. The van der Waals surface area contributed by atoms with Crippen LogP contribution in [0.5, 0.6) is 0 Å². The van der Waals surface area contributed by atoms with Gasteiger partial charge < -0.3 is 10.1 Å². The minimum absolute atomic E-state index is 0.0233. The van der Waals surface area contributed by atoms with Crippen LogP contribution in [0.4, 0.5) is 0 Å². The third-order valence-electron chi connectivity index (χ3n) is 4.55. The summed E-state index contributed by atoms with van der Waals surface area (Å²) in [4.78, 5) is 16.7. The Morgan fingerprint density at radius 2 is 2.00 bits per heavy atom. The third kappa shape index (κ3) is 4.57. The molecule has 1 aliphatic rings. The maximum Gasteiger partial charge on any atom is 0.254 e. The fraction of sp³-hybridized carbons (Fsp3) is 0.500. The number of ether oxygens (including phenoxy) is 1. The Morgan fingerprint density at radius 3 is 2.64 bits per heavy atom. The molecule has 0 spiro atoms. The quantitative estimate of drug-likeness (QED) is 0.757. The summed E-state index contributed by atoms with van der Waals surface area (Å²) in [6.45, 7) is 6.15. The number of rotatable bonds is 6. The largest absolute Gasteiger partial charge is 0.373 e. The van der Waals surface area contributed by atoms with Gasteiger partial charge in [-0.1, -0.05) is 6.07 Å². The molecule has 1 aliphatic heterocycles. The molecule has 0 unspecified atom stereocenters. The zero-order valence-corrected chi connectivity index (χ0v) is 17.0. The van der Waals surface area contributed by atoms with Crippen LogP contribution in [-0.2, 0) is 14.8 Å². The van der Waals surface area contributed by atoms with Crippen LogP contribution < -0.4 is 5.32 Å². The number of sulfonamides is 1. The van der Waals surface area contributed by atoms with E-state index in [2.05, 4.69) is 15.4 Å². The Morgan fingerprint density at radius 1 is 1.29 bits per heavy atom. The molecule has 28 heavy (non-hydrogen) atoms. The normalized spacial score (nSPS) is 20.8. The van der Waals surface area contributed by atoms with Crippen molar-refractivity contribution in [1.29, 1.82) is 0 Å². The first kappa shape index (κ1) is 20.4. The predicted octanol–water partition coefficient (Wildman–Crippen LogP) is 0.745. The van der Waals surface area contributed by atoms with Crippen molar-refractivity contribution in [3.8, 4) is 5.82 Å². The Balaban J connectivity index is 1.60. The first-order valence-electron chi connectivity index (χ1n) is 9.15. The summed E-state index contributed by atoms with van der Waals surface area (Å²) >= 11 is 0. The number of carbonyl (C=O) groups is 1. The number of morpholine rings is 1. The number of nitrogens with one attached hydrogen (secondary N) is 1. The van der Waals surface area contributed by atoms with Crippen LogP contribution in [-0.4, -0.2) is 71.0 Å². The summed E-state index contributed by atoms with van der Waals surface area (Å²) in [6.07, 6.45) is 2.81. The number of nitrogens with zero attached hydrogens (tertiary/aromatic N) is 4. The van der Waals surface area contributed by atoms with Crippen LogP contribution in [0.1, 0.15) is 29.9 Å². The molecule has 0 bridgehead atoms. The molecule has 10 heteroatoms. The van der Waals surface area contributed by atoms with Crippen LogP contribution in [0.3, 0.4) is 0 Å². The molecule has 2 aromatic heterocycles. The van der Waals surface area contributed by atoms with Gasteiger partial charge in [0.25, 0.3) is 5.91 Å². The van der Waals surface area contributed by atoms with Gasteiger partial charge in [0, 0.05) is 25.8 Å². The number of hydrogen-bond donors (Lipinski definition) is 1. The fourth-order valence-electron chi connectivity index (χ4n) is 3.22. The highest BCUT2D eigenvalue weighted by Gasteiger charge is 2.30. The standard InChI is InChI=1S/C18H25N5O4S/c1-13-11-22(12-14(2)27-13)28(25,26)9-8-20-18(24)16-10-21-23(15(16)3)17-6-4-5-7-19-17/h4-7,10,13-14H,8-9,11-12H2,1-3H3,(H,20,24)/t13-,14+. The minimum atomic E-state index is -3.47. The third-order valence-corrected chi connectivity index (χ3v) is 6.35. The monoisotopic (exact) mass is 407 g/mol. The van der Waals surface area contributed by atoms with E-state index in [1.54, 1.807) is 29.9 Å². The fourth-order valence-corrected chi connectivity index (χ4v) is 4.71. The predicted molar refractivity (Wildman–Crippen MR) is 104 cm³/mol. The van der Waals surface area contributed by atoms with Gasteiger partial charge in [-0.3, -0.25) is 4.79 Å². The lowest BCUT2D eigenvalue weighted by molar-refractivity contribution is -0.0440. The van der Waals surface area contributed by atoms with Gasteiger partial charge in [0.05, 0.1) is 35.4 Å². The van der Waals surface area contributed by atoms with Gasteiger partial charge in [-0.15, -0.1) is 0 Å². The van der Waals surface area contributed by atoms with Gasteiger partial charge in [0.1, 0.15) is 0 Å². The van der Waals surface area contributed by atoms with Crippen LogP contribution in [0.25, 0.3) is 5.82 Å². The second-order valence-corrected chi connectivity index (χ2v) is 8.98. The highest BCUT2D eigenvalue weighted by Crippen LogP contribution is 2.15. The lowest BCUT2D eigenvalue weighted by Gasteiger charge is -2.34. The van der Waals surface area contributed by atoms with Crippen molar-refractivity contribution in [3.63, 3.8) is 0 Å². The van der Waals surface area contributed by atoms with Crippen molar-refractivity contribution in [2.75, 3.05) is 25.4 Å². The summed E-state index contributed by atoms with van der Waals surface area (Å²) < 4.78 is 33.7. The van der Waals surface area contributed by atoms with E-state index in [0.717, 1.165) is 0 Å². The highest BCUT2D eigenvalue weighted by atomic mass is 32.2. The first-order valence-corrected chi connectivity index (χ1v) is 10.8. The number of carbonyl (C=O) groups excluding carboxylic acids is 1. The Bertz CT molecular complexity index is 919. The molecule has 0 radical (unpaired) electrons. The lowest BCUT2D eigenvalue weighted by atomic mass is 10.2. The van der Waals surface area contributed by atoms with Crippen molar-refractivity contribution in [2.24, 2.45) is 0 Å². The molecule has 3 rings (SSSR count). The molecule has 0 aromatic carbocycles. The van der Waals surface area contributed by atoms with Gasteiger partial charge in [0.15, 0.2) is 5.82 Å². The minimum Gasteiger partial charge on any atom is -0.373 e. The zero-order chi connectivity index (χ0) is 20.3. The van der Waals surface area contributed by atoms with Crippen LogP contribution in [0, 0.1) is 6.92 Å². The van der Waals surface area contributed by atoms with E-state index >= 15 is 0 Å². The maximum atomic E-state index is 12.5. The molecule has 2 atom stereocenters. The number of amides is 1. The van der Waals surface area contributed by atoms with E-state index in [-0.39, 0.29) is 30.4 Å². The van der Waals surface area contributed by atoms with Crippen LogP contribution >= 0.6 is 0 Å². The molecule has 1 N–H and O–H groups in total. The second-order valence-electron chi connectivity index (χ2n) is 6.89. The van der Waals surface area contributed by atoms with Crippen molar-refractivity contribution in [3.05, 3.63) is 41.9 Å². The molecule has 0 aliphatic carbocycles. The van der Waals surface area contributed by atoms with E-state index in [4.69, 9.17) is 4.74 Å². The van der Waals surface area contributed by atoms with Gasteiger partial charge >= 0.3 is 0 Å². The molecule has 9 nitrogen and oxygen atoms in total. The molecule has 1 saturated heterocycles. The van der Waals surface area contributed by atoms with Crippen LogP contribution in [0.15, 0.2) is 30.6 Å². The van der Waals surface area contributed by atoms with Crippen molar-refractivity contribution in [2.45, 2.75) is 33.0 Å². The van der Waals surface area contributed by atoms with E-state index in [0.29, 0.717) is 30.2 Å². The Hall–Kier alpha value is -2.30. The topological polar surface area (TPSA) is 106 Å². The molecule has 3 heterocycles. The summed E-state index contributed by atoms with van der Waals surface area (Å²) in [7, 11) is -3.47. The lowest BCUT2D eigenvalue weighted by Crippen LogP contribution is -2.49. The number of hydrogen-bond acceptors (Lipinski definition) is 6. The van der Waals surface area contributed by atoms with Gasteiger partial charge in [-0.2, -0.15) is 9.40 Å². The average Bonchev–Trinajstić information content (AvgIpc) is 3.03. The smallest absolute Gasteiger partial charge is 0.254 e. The van der Waals surface area contributed by atoms with Crippen molar-refractivity contribution < 1.29 is 17.9 Å². The SMILES string of the molecule is Cc1c(C(=O)NCCS(=O)(=O)N2C[C@@H](C)O[C@@H](C)C2)cnn1-c1ccccn1. The molecular formula is C18H25N5O4S. The molecule has 0 saturated carbocycles. The molecule has 152 valence electrons. The van der Waals surface area contributed by atoms with Gasteiger partial charge in [0.2, 0.25) is 10.0 Å². The second kappa shape index (κ2) is 8.38. The summed E-state index contributed by atoms with van der Waals surface area (Å²) in [6, 6.07) is 5.42. The summed E-state index contributed by atoms with van der Waals surface area (Å²) in [5, 5.41) is 6.88. The Kier molecular flexibility index (Phi) is 6.11. The first-order chi connectivity index (χ1) is 13.3. The molecule has 1 amide bonds. The van der Waals surface area contributed by atoms with Crippen molar-refractivity contribution in [1.82, 2.24) is 24.4 Å².